The lowest BCUT2D eigenvalue weighted by Crippen LogP contribution is -2.50. The molecule has 0 bridgehead atoms. The first-order valence-electron chi connectivity index (χ1n) is 7.56. The van der Waals surface area contributed by atoms with Crippen molar-refractivity contribution in [2.24, 2.45) is 5.41 Å². The van der Waals surface area contributed by atoms with E-state index >= 15 is 0 Å². The SMILES string of the molecule is CCC1(CNC(=O)NC(C)(C)CCC(=O)O)CCCC1. The molecule has 20 heavy (non-hydrogen) atoms. The third kappa shape index (κ3) is 5.39. The Hall–Kier alpha value is -1.26. The first-order chi connectivity index (χ1) is 9.29. The molecular weight excluding hydrogens is 256 g/mol. The van der Waals surface area contributed by atoms with Crippen LogP contribution in [0.25, 0.3) is 0 Å². The Morgan fingerprint density at radius 2 is 1.85 bits per heavy atom. The number of carbonyl (C=O) groups excluding carboxylic acids is 1. The molecule has 5 heteroatoms. The van der Waals surface area contributed by atoms with E-state index in [1.807, 2.05) is 13.8 Å². The maximum atomic E-state index is 11.9. The summed E-state index contributed by atoms with van der Waals surface area (Å²) in [5.74, 6) is -0.837. The van der Waals surface area contributed by atoms with Gasteiger partial charge in [-0.25, -0.2) is 4.79 Å². The molecule has 0 atom stereocenters. The van der Waals surface area contributed by atoms with E-state index in [0.29, 0.717) is 13.0 Å². The van der Waals surface area contributed by atoms with Crippen LogP contribution in [0.5, 0.6) is 0 Å². The van der Waals surface area contributed by atoms with Crippen LogP contribution in [-0.4, -0.2) is 29.2 Å². The van der Waals surface area contributed by atoms with Crippen LogP contribution >= 0.6 is 0 Å². The number of carbonyl (C=O) groups is 2. The van der Waals surface area contributed by atoms with Crippen molar-refractivity contribution < 1.29 is 14.7 Å². The summed E-state index contributed by atoms with van der Waals surface area (Å²) in [6.07, 6.45) is 6.46. The highest BCUT2D eigenvalue weighted by atomic mass is 16.4. The molecule has 0 spiro atoms. The number of rotatable bonds is 7. The highest BCUT2D eigenvalue weighted by molar-refractivity contribution is 5.75. The van der Waals surface area contributed by atoms with E-state index in [4.69, 9.17) is 5.11 Å². The zero-order valence-electron chi connectivity index (χ0n) is 12.9. The standard InChI is InChI=1S/C15H28N2O3/c1-4-15(8-5-6-9-15)11-16-13(20)17-14(2,3)10-7-12(18)19/h4-11H2,1-3H3,(H,18,19)(H2,16,17,20). The number of nitrogens with one attached hydrogen (secondary N) is 2. The average molecular weight is 284 g/mol. The normalized spacial score (nSPS) is 17.8. The molecule has 0 unspecified atom stereocenters. The molecule has 0 saturated heterocycles. The third-order valence-electron chi connectivity index (χ3n) is 4.45. The van der Waals surface area contributed by atoms with E-state index in [-0.39, 0.29) is 17.9 Å². The van der Waals surface area contributed by atoms with Crippen LogP contribution in [0.3, 0.4) is 0 Å². The summed E-state index contributed by atoms with van der Waals surface area (Å²) >= 11 is 0. The molecule has 3 N–H and O–H groups in total. The Morgan fingerprint density at radius 3 is 2.35 bits per heavy atom. The molecule has 0 heterocycles. The van der Waals surface area contributed by atoms with Gasteiger partial charge in [-0.1, -0.05) is 19.8 Å². The second kappa shape index (κ2) is 6.95. The zero-order chi connectivity index (χ0) is 15.2. The smallest absolute Gasteiger partial charge is 0.315 e. The molecular formula is C15H28N2O3. The van der Waals surface area contributed by atoms with Crippen LogP contribution in [0.1, 0.15) is 65.7 Å². The highest BCUT2D eigenvalue weighted by Crippen LogP contribution is 2.40. The minimum absolute atomic E-state index is 0.0617. The van der Waals surface area contributed by atoms with Crippen molar-refractivity contribution in [1.29, 1.82) is 0 Å². The molecule has 0 aromatic rings. The monoisotopic (exact) mass is 284 g/mol. The summed E-state index contributed by atoms with van der Waals surface area (Å²) in [6.45, 7) is 6.59. The molecule has 1 rings (SSSR count). The van der Waals surface area contributed by atoms with Crippen molar-refractivity contribution in [3.8, 4) is 0 Å². The van der Waals surface area contributed by atoms with Gasteiger partial charge in [-0.2, -0.15) is 0 Å². The highest BCUT2D eigenvalue weighted by Gasteiger charge is 2.32. The quantitative estimate of drug-likeness (QED) is 0.672. The maximum Gasteiger partial charge on any atom is 0.315 e. The van der Waals surface area contributed by atoms with Gasteiger partial charge >= 0.3 is 12.0 Å². The minimum Gasteiger partial charge on any atom is -0.481 e. The summed E-state index contributed by atoms with van der Waals surface area (Å²) < 4.78 is 0. The fourth-order valence-corrected chi connectivity index (χ4v) is 2.88. The van der Waals surface area contributed by atoms with Crippen molar-refractivity contribution >= 4 is 12.0 Å². The number of carboxylic acids is 1. The van der Waals surface area contributed by atoms with Crippen LogP contribution in [0.15, 0.2) is 0 Å². The van der Waals surface area contributed by atoms with Crippen molar-refractivity contribution in [3.05, 3.63) is 0 Å². The molecule has 1 aliphatic carbocycles. The molecule has 0 aromatic carbocycles. The zero-order valence-corrected chi connectivity index (χ0v) is 12.9. The molecule has 1 aliphatic rings. The second-order valence-corrected chi connectivity index (χ2v) is 6.65. The summed E-state index contributed by atoms with van der Waals surface area (Å²) in [5.41, 5.74) is -0.236. The summed E-state index contributed by atoms with van der Waals surface area (Å²) in [7, 11) is 0. The third-order valence-corrected chi connectivity index (χ3v) is 4.45. The van der Waals surface area contributed by atoms with E-state index in [2.05, 4.69) is 17.6 Å². The number of carboxylic acid groups (broad SMARTS) is 1. The van der Waals surface area contributed by atoms with E-state index in [9.17, 15) is 9.59 Å². The fourth-order valence-electron chi connectivity index (χ4n) is 2.88. The van der Waals surface area contributed by atoms with E-state index in [1.54, 1.807) is 0 Å². The summed E-state index contributed by atoms with van der Waals surface area (Å²) in [5, 5.41) is 14.5. The van der Waals surface area contributed by atoms with Crippen LogP contribution in [0, 0.1) is 5.41 Å². The molecule has 0 aromatic heterocycles. The van der Waals surface area contributed by atoms with Gasteiger partial charge in [0.25, 0.3) is 0 Å². The summed E-state index contributed by atoms with van der Waals surface area (Å²) in [6, 6.07) is -0.194. The van der Waals surface area contributed by atoms with Crippen LogP contribution < -0.4 is 10.6 Å². The predicted octanol–water partition coefficient (Wildman–Crippen LogP) is 2.90. The van der Waals surface area contributed by atoms with Crippen LogP contribution in [0.2, 0.25) is 0 Å². The van der Waals surface area contributed by atoms with Crippen molar-refractivity contribution in [2.75, 3.05) is 6.54 Å². The van der Waals surface area contributed by atoms with Gasteiger partial charge < -0.3 is 15.7 Å². The molecule has 0 radical (unpaired) electrons. The average Bonchev–Trinajstić information content (AvgIpc) is 2.83. The largest absolute Gasteiger partial charge is 0.481 e. The van der Waals surface area contributed by atoms with Crippen molar-refractivity contribution in [1.82, 2.24) is 10.6 Å². The van der Waals surface area contributed by atoms with E-state index < -0.39 is 11.5 Å². The molecule has 2 amide bonds. The van der Waals surface area contributed by atoms with Gasteiger partial charge in [0.2, 0.25) is 0 Å². The lowest BCUT2D eigenvalue weighted by Gasteiger charge is -2.30. The Labute approximate surface area is 121 Å². The van der Waals surface area contributed by atoms with Crippen molar-refractivity contribution in [2.45, 2.75) is 71.3 Å². The topological polar surface area (TPSA) is 78.4 Å². The molecule has 1 saturated carbocycles. The van der Waals surface area contributed by atoms with Gasteiger partial charge in [-0.05, 0) is 44.9 Å². The number of hydrogen-bond acceptors (Lipinski definition) is 2. The molecule has 0 aliphatic heterocycles. The minimum atomic E-state index is -0.837. The summed E-state index contributed by atoms with van der Waals surface area (Å²) in [4.78, 5) is 22.5. The number of urea groups is 1. The Kier molecular flexibility index (Phi) is 5.84. The number of hydrogen-bond donors (Lipinski definition) is 3. The first-order valence-corrected chi connectivity index (χ1v) is 7.56. The van der Waals surface area contributed by atoms with Gasteiger partial charge in [-0.3, -0.25) is 4.79 Å². The fraction of sp³-hybridized carbons (Fsp3) is 0.867. The number of amides is 2. The predicted molar refractivity (Wildman–Crippen MR) is 78.7 cm³/mol. The number of aliphatic carboxylic acids is 1. The molecule has 116 valence electrons. The van der Waals surface area contributed by atoms with Gasteiger partial charge in [0.15, 0.2) is 0 Å². The Morgan fingerprint density at radius 1 is 1.25 bits per heavy atom. The lowest BCUT2D eigenvalue weighted by molar-refractivity contribution is -0.137. The second-order valence-electron chi connectivity index (χ2n) is 6.65. The van der Waals surface area contributed by atoms with Gasteiger partial charge in [0.1, 0.15) is 0 Å². The Balaban J connectivity index is 2.37. The van der Waals surface area contributed by atoms with Crippen LogP contribution in [0.4, 0.5) is 4.79 Å². The van der Waals surface area contributed by atoms with E-state index in [0.717, 1.165) is 6.42 Å². The maximum absolute atomic E-state index is 11.9. The lowest BCUT2D eigenvalue weighted by atomic mass is 9.83. The van der Waals surface area contributed by atoms with Gasteiger partial charge in [0.05, 0.1) is 0 Å². The van der Waals surface area contributed by atoms with Gasteiger partial charge in [-0.15, -0.1) is 0 Å². The van der Waals surface area contributed by atoms with Crippen molar-refractivity contribution in [3.63, 3.8) is 0 Å². The molecule has 5 nitrogen and oxygen atoms in total. The first kappa shape index (κ1) is 16.8. The van der Waals surface area contributed by atoms with Crippen LogP contribution in [-0.2, 0) is 4.79 Å². The molecule has 1 fully saturated rings. The Bertz CT molecular complexity index is 347. The van der Waals surface area contributed by atoms with E-state index in [1.165, 1.54) is 25.7 Å². The van der Waals surface area contributed by atoms with Gasteiger partial charge in [0, 0.05) is 18.5 Å².